The van der Waals surface area contributed by atoms with Crippen LogP contribution in [0.2, 0.25) is 0 Å². The number of benzene rings is 1. The van der Waals surface area contributed by atoms with Gasteiger partial charge in [-0.1, -0.05) is 12.1 Å². The third-order valence-corrected chi connectivity index (χ3v) is 5.80. The number of carbonyl (C=O) groups excluding carboxylic acids is 1. The number of hydrogen-bond acceptors (Lipinski definition) is 4. The van der Waals surface area contributed by atoms with Crippen molar-refractivity contribution in [1.29, 1.82) is 0 Å². The van der Waals surface area contributed by atoms with E-state index in [4.69, 9.17) is 0 Å². The Labute approximate surface area is 162 Å². The van der Waals surface area contributed by atoms with Crippen LogP contribution in [-0.4, -0.2) is 32.5 Å². The number of nitrogens with zero attached hydrogens (tertiary/aromatic N) is 2. The first-order chi connectivity index (χ1) is 13.3. The molecule has 0 radical (unpaired) electrons. The van der Waals surface area contributed by atoms with Crippen molar-refractivity contribution in [2.75, 3.05) is 0 Å². The van der Waals surface area contributed by atoms with E-state index in [0.29, 0.717) is 34.8 Å². The lowest BCUT2D eigenvalue weighted by molar-refractivity contribution is -0.137. The molecule has 1 fully saturated rings. The van der Waals surface area contributed by atoms with Gasteiger partial charge < -0.3 is 10.4 Å². The van der Waals surface area contributed by atoms with Crippen molar-refractivity contribution < 1.29 is 23.1 Å². The topological polar surface area (TPSA) is 66.6 Å². The number of aliphatic hydroxyl groups excluding tert-OH is 1. The number of hydrogen-bond donors (Lipinski definition) is 2. The van der Waals surface area contributed by atoms with E-state index in [1.54, 1.807) is 22.0 Å². The molecular formula is C19H18F3N3O2S. The summed E-state index contributed by atoms with van der Waals surface area (Å²) in [7, 11) is 0. The molecule has 1 amide bonds. The number of carbonyl (C=O) groups is 1. The zero-order valence-corrected chi connectivity index (χ0v) is 15.6. The first-order valence-corrected chi connectivity index (χ1v) is 9.82. The van der Waals surface area contributed by atoms with Gasteiger partial charge in [0.1, 0.15) is 5.69 Å². The van der Waals surface area contributed by atoms with Gasteiger partial charge in [-0.05, 0) is 37.8 Å². The standard InChI is InChI=1S/C19H18F3N3O2S/c20-19(21,22)12-3-1-2-11(8-12)15-9-25-16(10-28-18(25)24-15)17(27)23-13-4-6-14(26)7-5-13/h1-3,8-10,13-14,26H,4-7H2,(H,23,27). The van der Waals surface area contributed by atoms with Gasteiger partial charge in [0.15, 0.2) is 4.96 Å². The summed E-state index contributed by atoms with van der Waals surface area (Å²) in [6, 6.07) is 4.99. The van der Waals surface area contributed by atoms with Gasteiger partial charge in [0, 0.05) is 23.2 Å². The van der Waals surface area contributed by atoms with Crippen LogP contribution in [0, 0.1) is 0 Å². The third-order valence-electron chi connectivity index (χ3n) is 4.96. The molecule has 3 aromatic rings. The fourth-order valence-corrected chi connectivity index (χ4v) is 4.27. The number of thiazole rings is 1. The van der Waals surface area contributed by atoms with Crippen molar-refractivity contribution >= 4 is 22.2 Å². The van der Waals surface area contributed by atoms with Crippen LogP contribution in [0.3, 0.4) is 0 Å². The maximum atomic E-state index is 13.0. The molecule has 5 nitrogen and oxygen atoms in total. The SMILES string of the molecule is O=C(NC1CCC(O)CC1)c1csc2nc(-c3cccc(C(F)(F)F)c3)cn12. The Balaban J connectivity index is 1.58. The van der Waals surface area contributed by atoms with E-state index in [-0.39, 0.29) is 18.1 Å². The van der Waals surface area contributed by atoms with Crippen LogP contribution < -0.4 is 5.32 Å². The Kier molecular flexibility index (Phi) is 4.88. The Hall–Kier alpha value is -2.39. The molecule has 28 heavy (non-hydrogen) atoms. The predicted molar refractivity (Wildman–Crippen MR) is 99.2 cm³/mol. The number of halogens is 3. The molecule has 2 aromatic heterocycles. The number of nitrogens with one attached hydrogen (secondary N) is 1. The lowest BCUT2D eigenvalue weighted by atomic mass is 9.93. The number of alkyl halides is 3. The van der Waals surface area contributed by atoms with Gasteiger partial charge in [0.05, 0.1) is 17.4 Å². The molecule has 0 unspecified atom stereocenters. The van der Waals surface area contributed by atoms with E-state index in [9.17, 15) is 23.1 Å². The summed E-state index contributed by atoms with van der Waals surface area (Å²) >= 11 is 1.26. The molecule has 1 aliphatic carbocycles. The van der Waals surface area contributed by atoms with Gasteiger partial charge in [-0.3, -0.25) is 9.20 Å². The van der Waals surface area contributed by atoms with Gasteiger partial charge >= 0.3 is 6.18 Å². The quantitative estimate of drug-likeness (QED) is 0.684. The molecule has 148 valence electrons. The summed E-state index contributed by atoms with van der Waals surface area (Å²) in [4.78, 5) is 17.5. The van der Waals surface area contributed by atoms with Crippen molar-refractivity contribution in [3.8, 4) is 11.3 Å². The summed E-state index contributed by atoms with van der Waals surface area (Å²) in [6.45, 7) is 0. The van der Waals surface area contributed by atoms with Crippen LogP contribution in [0.5, 0.6) is 0 Å². The van der Waals surface area contributed by atoms with Gasteiger partial charge in [-0.2, -0.15) is 13.2 Å². The molecule has 0 saturated heterocycles. The number of aromatic nitrogens is 2. The molecule has 1 aliphatic rings. The largest absolute Gasteiger partial charge is 0.416 e. The highest BCUT2D eigenvalue weighted by Crippen LogP contribution is 2.32. The molecule has 1 saturated carbocycles. The van der Waals surface area contributed by atoms with Crippen molar-refractivity contribution in [1.82, 2.24) is 14.7 Å². The highest BCUT2D eigenvalue weighted by Gasteiger charge is 2.30. The maximum Gasteiger partial charge on any atom is 0.416 e. The first kappa shape index (κ1) is 18.9. The van der Waals surface area contributed by atoms with Crippen LogP contribution in [0.4, 0.5) is 13.2 Å². The number of fused-ring (bicyclic) bond motifs is 1. The first-order valence-electron chi connectivity index (χ1n) is 8.94. The number of rotatable bonds is 3. The predicted octanol–water partition coefficient (Wildman–Crippen LogP) is 4.11. The molecule has 0 spiro atoms. The maximum absolute atomic E-state index is 13.0. The number of imidazole rings is 1. The molecule has 0 atom stereocenters. The lowest BCUT2D eigenvalue weighted by Crippen LogP contribution is -2.38. The summed E-state index contributed by atoms with van der Waals surface area (Å²) in [5.74, 6) is -0.249. The van der Waals surface area contributed by atoms with Crippen molar-refractivity contribution in [3.05, 3.63) is 47.1 Å². The highest BCUT2D eigenvalue weighted by atomic mass is 32.1. The molecule has 0 bridgehead atoms. The second-order valence-electron chi connectivity index (χ2n) is 6.96. The summed E-state index contributed by atoms with van der Waals surface area (Å²) < 4.78 is 40.5. The van der Waals surface area contributed by atoms with E-state index >= 15 is 0 Å². The second-order valence-corrected chi connectivity index (χ2v) is 7.79. The highest BCUT2D eigenvalue weighted by molar-refractivity contribution is 7.15. The van der Waals surface area contributed by atoms with Gasteiger partial charge in [-0.15, -0.1) is 11.3 Å². The number of amides is 1. The molecular weight excluding hydrogens is 391 g/mol. The summed E-state index contributed by atoms with van der Waals surface area (Å²) in [5.41, 5.74) is 0.391. The molecule has 2 heterocycles. The van der Waals surface area contributed by atoms with E-state index in [1.807, 2.05) is 0 Å². The Morgan fingerprint density at radius 3 is 2.71 bits per heavy atom. The van der Waals surface area contributed by atoms with Crippen LogP contribution in [0.25, 0.3) is 16.2 Å². The van der Waals surface area contributed by atoms with Crippen LogP contribution in [-0.2, 0) is 6.18 Å². The van der Waals surface area contributed by atoms with Gasteiger partial charge in [-0.25, -0.2) is 4.98 Å². The summed E-state index contributed by atoms with van der Waals surface area (Å²) in [5, 5.41) is 14.2. The van der Waals surface area contributed by atoms with Crippen LogP contribution >= 0.6 is 11.3 Å². The van der Waals surface area contributed by atoms with Crippen LogP contribution in [0.1, 0.15) is 41.7 Å². The minimum absolute atomic E-state index is 0.0114. The zero-order valence-electron chi connectivity index (χ0n) is 14.7. The van der Waals surface area contributed by atoms with E-state index < -0.39 is 11.7 Å². The normalized spacial score (nSPS) is 20.4. The monoisotopic (exact) mass is 409 g/mol. The molecule has 2 N–H and O–H groups in total. The molecule has 9 heteroatoms. The number of aliphatic hydroxyl groups is 1. The zero-order chi connectivity index (χ0) is 19.9. The fraction of sp³-hybridized carbons (Fsp3) is 0.368. The van der Waals surface area contributed by atoms with Crippen molar-refractivity contribution in [2.24, 2.45) is 0 Å². The average molecular weight is 409 g/mol. The smallest absolute Gasteiger partial charge is 0.393 e. The minimum atomic E-state index is -4.42. The fourth-order valence-electron chi connectivity index (χ4n) is 3.42. The molecule has 0 aliphatic heterocycles. The Bertz CT molecular complexity index is 1000. The Morgan fingerprint density at radius 2 is 2.00 bits per heavy atom. The Morgan fingerprint density at radius 1 is 1.25 bits per heavy atom. The summed E-state index contributed by atoms with van der Waals surface area (Å²) in [6.07, 6.45) is -0.375. The van der Waals surface area contributed by atoms with Gasteiger partial charge in [0.2, 0.25) is 0 Å². The van der Waals surface area contributed by atoms with Crippen molar-refractivity contribution in [2.45, 2.75) is 44.0 Å². The van der Waals surface area contributed by atoms with Crippen LogP contribution in [0.15, 0.2) is 35.8 Å². The minimum Gasteiger partial charge on any atom is -0.393 e. The molecule has 1 aromatic carbocycles. The second kappa shape index (κ2) is 7.21. The van der Waals surface area contributed by atoms with E-state index in [2.05, 4.69) is 10.3 Å². The molecule has 4 rings (SSSR count). The van der Waals surface area contributed by atoms with Crippen molar-refractivity contribution in [3.63, 3.8) is 0 Å². The van der Waals surface area contributed by atoms with E-state index in [0.717, 1.165) is 25.0 Å². The lowest BCUT2D eigenvalue weighted by Gasteiger charge is -2.25. The van der Waals surface area contributed by atoms with E-state index in [1.165, 1.54) is 17.4 Å². The third kappa shape index (κ3) is 3.77. The average Bonchev–Trinajstić information content (AvgIpc) is 3.23. The van der Waals surface area contributed by atoms with Gasteiger partial charge in [0.25, 0.3) is 5.91 Å².